The van der Waals surface area contributed by atoms with E-state index in [1.54, 1.807) is 0 Å². The lowest BCUT2D eigenvalue weighted by atomic mass is 10.0. The summed E-state index contributed by atoms with van der Waals surface area (Å²) in [6, 6.07) is 0. The molecule has 0 saturated heterocycles. The van der Waals surface area contributed by atoms with Crippen molar-refractivity contribution in [2.75, 3.05) is 0 Å². The van der Waals surface area contributed by atoms with Gasteiger partial charge in [-0.15, -0.1) is 0 Å². The Hall–Kier alpha value is -1.04. The van der Waals surface area contributed by atoms with Crippen molar-refractivity contribution in [2.24, 2.45) is 0 Å². The van der Waals surface area contributed by atoms with Crippen molar-refractivity contribution >= 4 is 0 Å². The fraction of sp³-hybridized carbons (Fsp3) is 0.600. The third kappa shape index (κ3) is 25.7. The lowest BCUT2D eigenvalue weighted by Crippen LogP contribution is -1.86. The molecule has 0 aromatic rings. The van der Waals surface area contributed by atoms with Crippen molar-refractivity contribution in [1.82, 2.24) is 0 Å². The lowest BCUT2D eigenvalue weighted by molar-refractivity contribution is 1.02. The molecule has 0 aliphatic carbocycles. The number of hydrogen-bond acceptors (Lipinski definition) is 0. The molecule has 0 nitrogen and oxygen atoms in total. The maximum atomic E-state index is 3.70. The first-order chi connectivity index (χ1) is 9.79. The minimum Gasteiger partial charge on any atom is -0.0991 e. The smallest absolute Gasteiger partial charge is 0.0305 e. The first-order valence-corrected chi connectivity index (χ1v) is 8.43. The molecule has 0 fully saturated rings. The zero-order valence-electron chi connectivity index (χ0n) is 16.1. The van der Waals surface area contributed by atoms with Crippen molar-refractivity contribution in [3.8, 4) is 0 Å². The molecule has 0 amide bonds. The van der Waals surface area contributed by atoms with Crippen molar-refractivity contribution in [1.29, 1.82) is 0 Å². The summed E-state index contributed by atoms with van der Waals surface area (Å²) in [7, 11) is 0. The monoisotopic (exact) mass is 282 g/mol. The Balaban J connectivity index is -0.0000000799. The summed E-state index contributed by atoms with van der Waals surface area (Å²) in [6.07, 6.45) is 9.92. The molecule has 0 heteroatoms. The summed E-state index contributed by atoms with van der Waals surface area (Å²) in [6.45, 7) is 27.7. The van der Waals surface area contributed by atoms with Crippen molar-refractivity contribution in [3.05, 3.63) is 48.6 Å². The van der Waals surface area contributed by atoms with Crippen molar-refractivity contribution < 1.29 is 0 Å². The Morgan fingerprint density at radius 2 is 0.800 bits per heavy atom. The minimum atomic E-state index is 1.06. The Labute approximate surface area is 131 Å². The van der Waals surface area contributed by atoms with Gasteiger partial charge in [-0.1, -0.05) is 107 Å². The van der Waals surface area contributed by atoms with Crippen LogP contribution < -0.4 is 0 Å². The van der Waals surface area contributed by atoms with Crippen LogP contribution in [0.15, 0.2) is 48.6 Å². The van der Waals surface area contributed by atoms with E-state index >= 15 is 0 Å². The standard InChI is InChI=1S/C12H18.4C2H6/c1-5-9-11(7-3)12(8-4)10-6-2;4*1-2/h5-6,9-10H,1-2,7-8H2,3-4H3;4*1-2H3/b11-9-,12-10-;;;;. The van der Waals surface area contributed by atoms with Gasteiger partial charge in [-0.05, 0) is 24.0 Å². The van der Waals surface area contributed by atoms with Gasteiger partial charge in [0.15, 0.2) is 0 Å². The first-order valence-electron chi connectivity index (χ1n) is 8.43. The fourth-order valence-corrected chi connectivity index (χ4v) is 1.19. The highest BCUT2D eigenvalue weighted by molar-refractivity contribution is 5.34. The maximum Gasteiger partial charge on any atom is -0.0305 e. The molecular weight excluding hydrogens is 240 g/mol. The van der Waals surface area contributed by atoms with Gasteiger partial charge in [0.1, 0.15) is 0 Å². The van der Waals surface area contributed by atoms with Crippen LogP contribution in [0.25, 0.3) is 0 Å². The van der Waals surface area contributed by atoms with Crippen LogP contribution in [0.5, 0.6) is 0 Å². The van der Waals surface area contributed by atoms with Gasteiger partial charge < -0.3 is 0 Å². The van der Waals surface area contributed by atoms with E-state index in [2.05, 4.69) is 39.2 Å². The van der Waals surface area contributed by atoms with Crippen LogP contribution >= 0.6 is 0 Å². The first kappa shape index (κ1) is 31.4. The van der Waals surface area contributed by atoms with Crippen LogP contribution in [0.1, 0.15) is 82.1 Å². The molecule has 0 heterocycles. The van der Waals surface area contributed by atoms with Gasteiger partial charge in [0.05, 0.1) is 0 Å². The highest BCUT2D eigenvalue weighted by atomic mass is 14.0. The van der Waals surface area contributed by atoms with Gasteiger partial charge in [0, 0.05) is 0 Å². The van der Waals surface area contributed by atoms with Gasteiger partial charge >= 0.3 is 0 Å². The fourth-order valence-electron chi connectivity index (χ4n) is 1.19. The van der Waals surface area contributed by atoms with Gasteiger partial charge in [0.2, 0.25) is 0 Å². The maximum absolute atomic E-state index is 3.70. The average molecular weight is 283 g/mol. The van der Waals surface area contributed by atoms with E-state index in [0.29, 0.717) is 0 Å². The average Bonchev–Trinajstić information content (AvgIpc) is 2.58. The third-order valence-electron chi connectivity index (χ3n) is 1.81. The minimum absolute atomic E-state index is 1.06. The molecule has 20 heavy (non-hydrogen) atoms. The third-order valence-corrected chi connectivity index (χ3v) is 1.81. The highest BCUT2D eigenvalue weighted by Gasteiger charge is 1.97. The van der Waals surface area contributed by atoms with Crippen LogP contribution in [-0.2, 0) is 0 Å². The van der Waals surface area contributed by atoms with Gasteiger partial charge in [-0.2, -0.15) is 0 Å². The van der Waals surface area contributed by atoms with Crippen LogP contribution in [0.3, 0.4) is 0 Å². The number of rotatable bonds is 5. The van der Waals surface area contributed by atoms with Gasteiger partial charge in [-0.25, -0.2) is 0 Å². The van der Waals surface area contributed by atoms with E-state index in [-0.39, 0.29) is 0 Å². The second-order valence-electron chi connectivity index (χ2n) is 2.56. The molecule has 0 spiro atoms. The molecule has 0 atom stereocenters. The quantitative estimate of drug-likeness (QED) is 0.446. The lowest BCUT2D eigenvalue weighted by Gasteiger charge is -2.05. The molecular formula is C20H42. The SMILES string of the molecule is C=C/C=C(CC)\C(=C/C=C)CC.CC.CC.CC.CC. The van der Waals surface area contributed by atoms with E-state index in [1.165, 1.54) is 11.1 Å². The molecule has 0 N–H and O–H groups in total. The van der Waals surface area contributed by atoms with E-state index in [9.17, 15) is 0 Å². The summed E-state index contributed by atoms with van der Waals surface area (Å²) in [5.41, 5.74) is 2.71. The predicted octanol–water partition coefficient (Wildman–Crippen LogP) is 8.14. The molecule has 0 unspecified atom stereocenters. The Morgan fingerprint density at radius 1 is 0.600 bits per heavy atom. The van der Waals surface area contributed by atoms with Crippen molar-refractivity contribution in [2.45, 2.75) is 82.1 Å². The van der Waals surface area contributed by atoms with Crippen LogP contribution in [0.4, 0.5) is 0 Å². The number of hydrogen-bond donors (Lipinski definition) is 0. The summed E-state index contributed by atoms with van der Waals surface area (Å²) < 4.78 is 0. The number of allylic oxidation sites excluding steroid dienone is 6. The van der Waals surface area contributed by atoms with E-state index in [4.69, 9.17) is 0 Å². The van der Waals surface area contributed by atoms with Crippen LogP contribution in [-0.4, -0.2) is 0 Å². The van der Waals surface area contributed by atoms with E-state index in [0.717, 1.165) is 12.8 Å². The topological polar surface area (TPSA) is 0 Å². The molecule has 0 bridgehead atoms. The van der Waals surface area contributed by atoms with Crippen LogP contribution in [0.2, 0.25) is 0 Å². The second-order valence-corrected chi connectivity index (χ2v) is 2.56. The molecule has 0 aromatic heterocycles. The second kappa shape index (κ2) is 43.0. The van der Waals surface area contributed by atoms with Crippen LogP contribution in [0, 0.1) is 0 Å². The predicted molar refractivity (Wildman–Crippen MR) is 103 cm³/mol. The molecule has 122 valence electrons. The Morgan fingerprint density at radius 3 is 0.900 bits per heavy atom. The van der Waals surface area contributed by atoms with E-state index in [1.807, 2.05) is 67.5 Å². The Bertz CT molecular complexity index is 180. The summed E-state index contributed by atoms with van der Waals surface area (Å²) in [4.78, 5) is 0. The summed E-state index contributed by atoms with van der Waals surface area (Å²) >= 11 is 0. The zero-order valence-corrected chi connectivity index (χ0v) is 16.1. The summed E-state index contributed by atoms with van der Waals surface area (Å²) in [5, 5.41) is 0. The highest BCUT2D eigenvalue weighted by Crippen LogP contribution is 2.17. The molecule has 0 radical (unpaired) electrons. The Kier molecular flexibility index (Phi) is 67.5. The molecule has 0 saturated carbocycles. The van der Waals surface area contributed by atoms with Crippen molar-refractivity contribution in [3.63, 3.8) is 0 Å². The molecule has 0 aliphatic rings. The zero-order chi connectivity index (χ0) is 17.4. The molecule has 0 aliphatic heterocycles. The summed E-state index contributed by atoms with van der Waals surface area (Å²) in [5.74, 6) is 0. The largest absolute Gasteiger partial charge is 0.0991 e. The van der Waals surface area contributed by atoms with Gasteiger partial charge in [0.25, 0.3) is 0 Å². The molecule has 0 aromatic carbocycles. The van der Waals surface area contributed by atoms with Gasteiger partial charge in [-0.3, -0.25) is 0 Å². The molecule has 0 rings (SSSR count). The van der Waals surface area contributed by atoms with E-state index < -0.39 is 0 Å². The normalized spacial score (nSPS) is 8.90.